The van der Waals surface area contributed by atoms with Gasteiger partial charge < -0.3 is 10.5 Å². The molecule has 1 atom stereocenters. The Kier molecular flexibility index (Phi) is 4.82. The number of nitrogens with zero attached hydrogens (tertiary/aromatic N) is 1. The van der Waals surface area contributed by atoms with Gasteiger partial charge in [0.2, 0.25) is 0 Å². The highest BCUT2D eigenvalue weighted by atomic mass is 79.9. The van der Waals surface area contributed by atoms with Gasteiger partial charge in [-0.2, -0.15) is 0 Å². The molecule has 0 aliphatic carbocycles. The van der Waals surface area contributed by atoms with Gasteiger partial charge in [-0.15, -0.1) is 0 Å². The van der Waals surface area contributed by atoms with Crippen molar-refractivity contribution in [1.29, 1.82) is 0 Å². The number of halogens is 2. The summed E-state index contributed by atoms with van der Waals surface area (Å²) in [6.45, 7) is 1.84. The molecule has 7 heteroatoms. The van der Waals surface area contributed by atoms with Gasteiger partial charge in [0.25, 0.3) is 5.69 Å². The number of rotatable bonds is 4. The number of nitro benzene ring substituents is 1. The summed E-state index contributed by atoms with van der Waals surface area (Å²) in [5, 5.41) is 10.9. The third-order valence-electron chi connectivity index (χ3n) is 2.81. The summed E-state index contributed by atoms with van der Waals surface area (Å²) in [6.07, 6.45) is 0. The highest BCUT2D eigenvalue weighted by Gasteiger charge is 2.14. The molecule has 0 saturated heterocycles. The van der Waals surface area contributed by atoms with Crippen LogP contribution in [0.25, 0.3) is 0 Å². The molecule has 0 spiro atoms. The van der Waals surface area contributed by atoms with Gasteiger partial charge >= 0.3 is 0 Å². The average Bonchev–Trinajstić information content (AvgIpc) is 2.40. The van der Waals surface area contributed by atoms with Crippen LogP contribution >= 0.6 is 27.5 Å². The van der Waals surface area contributed by atoms with Crippen molar-refractivity contribution in [1.82, 2.24) is 0 Å². The van der Waals surface area contributed by atoms with E-state index in [-0.39, 0.29) is 16.8 Å². The third kappa shape index (κ3) is 3.72. The minimum absolute atomic E-state index is 0.0889. The zero-order valence-corrected chi connectivity index (χ0v) is 13.4. The predicted molar refractivity (Wildman–Crippen MR) is 84.9 cm³/mol. The number of hydrogen-bond donors (Lipinski definition) is 1. The van der Waals surface area contributed by atoms with Crippen LogP contribution in [-0.4, -0.2) is 4.92 Å². The fourth-order valence-electron chi connectivity index (χ4n) is 1.78. The average molecular weight is 372 g/mol. The minimum atomic E-state index is -0.512. The fourth-order valence-corrected chi connectivity index (χ4v) is 2.33. The van der Waals surface area contributed by atoms with Gasteiger partial charge in [0.1, 0.15) is 11.5 Å². The normalized spacial score (nSPS) is 12.0. The Bertz CT molecular complexity index is 692. The van der Waals surface area contributed by atoms with Crippen LogP contribution in [0.5, 0.6) is 11.5 Å². The Hall–Kier alpha value is -1.63. The lowest BCUT2D eigenvalue weighted by Gasteiger charge is -2.15. The van der Waals surface area contributed by atoms with Crippen molar-refractivity contribution in [2.75, 3.05) is 0 Å². The van der Waals surface area contributed by atoms with Crippen molar-refractivity contribution in [3.05, 3.63) is 61.6 Å². The number of ether oxygens (including phenoxy) is 1. The highest BCUT2D eigenvalue weighted by molar-refractivity contribution is 9.10. The van der Waals surface area contributed by atoms with Gasteiger partial charge in [-0.05, 0) is 25.1 Å². The van der Waals surface area contributed by atoms with E-state index in [1.54, 1.807) is 6.07 Å². The van der Waals surface area contributed by atoms with Gasteiger partial charge in [-0.1, -0.05) is 33.6 Å². The molecule has 0 aliphatic heterocycles. The summed E-state index contributed by atoms with van der Waals surface area (Å²) in [4.78, 5) is 10.2. The summed E-state index contributed by atoms with van der Waals surface area (Å²) in [7, 11) is 0. The molecule has 0 bridgehead atoms. The molecule has 0 aromatic heterocycles. The molecule has 0 amide bonds. The number of nitro groups is 1. The lowest BCUT2D eigenvalue weighted by molar-refractivity contribution is -0.384. The number of hydrogen-bond acceptors (Lipinski definition) is 4. The van der Waals surface area contributed by atoms with Crippen molar-refractivity contribution in [2.45, 2.75) is 13.0 Å². The van der Waals surface area contributed by atoms with E-state index < -0.39 is 4.92 Å². The first kappa shape index (κ1) is 15.8. The van der Waals surface area contributed by atoms with E-state index in [0.29, 0.717) is 11.5 Å². The second kappa shape index (κ2) is 6.43. The van der Waals surface area contributed by atoms with Crippen molar-refractivity contribution in [2.24, 2.45) is 5.73 Å². The standard InChI is InChI=1S/C14H12BrClN2O3/c1-8(17)11-4-2-9(15)6-14(11)21-13-5-3-10(18(19)20)7-12(13)16/h2-8H,17H2,1H3. The Morgan fingerprint density at radius 2 is 2.00 bits per heavy atom. The van der Waals surface area contributed by atoms with Crippen LogP contribution in [0.3, 0.4) is 0 Å². The number of non-ortho nitro benzene ring substituents is 1. The smallest absolute Gasteiger partial charge is 0.271 e. The van der Waals surface area contributed by atoms with E-state index in [4.69, 9.17) is 22.1 Å². The third-order valence-corrected chi connectivity index (χ3v) is 3.60. The zero-order chi connectivity index (χ0) is 15.6. The Balaban J connectivity index is 2.38. The maximum atomic E-state index is 10.7. The molecule has 0 saturated carbocycles. The van der Waals surface area contributed by atoms with Gasteiger partial charge in [0.05, 0.1) is 9.95 Å². The molecule has 0 aliphatic rings. The quantitative estimate of drug-likeness (QED) is 0.617. The Morgan fingerprint density at radius 3 is 2.57 bits per heavy atom. The topological polar surface area (TPSA) is 78.4 Å². The first-order valence-electron chi connectivity index (χ1n) is 6.05. The van der Waals surface area contributed by atoms with Crippen molar-refractivity contribution < 1.29 is 9.66 Å². The summed E-state index contributed by atoms with van der Waals surface area (Å²) in [5.41, 5.74) is 6.63. The molecule has 5 nitrogen and oxygen atoms in total. The molecular formula is C14H12BrClN2O3. The maximum absolute atomic E-state index is 10.7. The number of nitrogens with two attached hydrogens (primary N) is 1. The summed E-state index contributed by atoms with van der Waals surface area (Å²) < 4.78 is 6.59. The molecule has 2 N–H and O–H groups in total. The highest BCUT2D eigenvalue weighted by Crippen LogP contribution is 2.36. The van der Waals surface area contributed by atoms with E-state index in [1.165, 1.54) is 18.2 Å². The van der Waals surface area contributed by atoms with Crippen molar-refractivity contribution >= 4 is 33.2 Å². The Labute approximate surface area is 134 Å². The molecule has 0 radical (unpaired) electrons. The maximum Gasteiger partial charge on any atom is 0.271 e. The molecular weight excluding hydrogens is 360 g/mol. The van der Waals surface area contributed by atoms with Crippen molar-refractivity contribution in [3.63, 3.8) is 0 Å². The first-order chi connectivity index (χ1) is 9.88. The molecule has 0 heterocycles. The second-order valence-corrected chi connectivity index (χ2v) is 5.77. The van der Waals surface area contributed by atoms with Crippen molar-refractivity contribution in [3.8, 4) is 11.5 Å². The van der Waals surface area contributed by atoms with Crippen LogP contribution in [0, 0.1) is 10.1 Å². The molecule has 2 aromatic rings. The van der Waals surface area contributed by atoms with Crippen LogP contribution in [-0.2, 0) is 0 Å². The van der Waals surface area contributed by atoms with Gasteiger partial charge in [-0.3, -0.25) is 10.1 Å². The molecule has 0 fully saturated rings. The van der Waals surface area contributed by atoms with Crippen LogP contribution in [0.2, 0.25) is 5.02 Å². The predicted octanol–water partition coefficient (Wildman–Crippen LogP) is 4.82. The van der Waals surface area contributed by atoms with E-state index in [2.05, 4.69) is 15.9 Å². The lowest BCUT2D eigenvalue weighted by atomic mass is 10.1. The first-order valence-corrected chi connectivity index (χ1v) is 7.22. The summed E-state index contributed by atoms with van der Waals surface area (Å²) in [6, 6.07) is 9.32. The molecule has 1 unspecified atom stereocenters. The van der Waals surface area contributed by atoms with E-state index in [0.717, 1.165) is 10.0 Å². The van der Waals surface area contributed by atoms with Crippen LogP contribution in [0.1, 0.15) is 18.5 Å². The minimum Gasteiger partial charge on any atom is -0.455 e. The van der Waals surface area contributed by atoms with E-state index in [9.17, 15) is 10.1 Å². The van der Waals surface area contributed by atoms with Gasteiger partial charge in [0.15, 0.2) is 0 Å². The molecule has 21 heavy (non-hydrogen) atoms. The summed E-state index contributed by atoms with van der Waals surface area (Å²) in [5.74, 6) is 0.886. The monoisotopic (exact) mass is 370 g/mol. The van der Waals surface area contributed by atoms with Gasteiger partial charge in [-0.25, -0.2) is 0 Å². The SMILES string of the molecule is CC(N)c1ccc(Br)cc1Oc1ccc([N+](=O)[O-])cc1Cl. The van der Waals surface area contributed by atoms with Crippen LogP contribution in [0.4, 0.5) is 5.69 Å². The van der Waals surface area contributed by atoms with Crippen LogP contribution in [0.15, 0.2) is 40.9 Å². The lowest BCUT2D eigenvalue weighted by Crippen LogP contribution is -2.06. The summed E-state index contributed by atoms with van der Waals surface area (Å²) >= 11 is 9.39. The Morgan fingerprint density at radius 1 is 1.29 bits per heavy atom. The zero-order valence-electron chi connectivity index (χ0n) is 11.0. The molecule has 2 aromatic carbocycles. The fraction of sp³-hybridized carbons (Fsp3) is 0.143. The molecule has 110 valence electrons. The van der Waals surface area contributed by atoms with Gasteiger partial charge in [0, 0.05) is 28.2 Å². The number of benzene rings is 2. The second-order valence-electron chi connectivity index (χ2n) is 4.44. The largest absolute Gasteiger partial charge is 0.455 e. The van der Waals surface area contributed by atoms with Crippen LogP contribution < -0.4 is 10.5 Å². The molecule has 2 rings (SSSR count). The van der Waals surface area contributed by atoms with E-state index in [1.807, 2.05) is 19.1 Å². The van der Waals surface area contributed by atoms with E-state index >= 15 is 0 Å².